The summed E-state index contributed by atoms with van der Waals surface area (Å²) in [5, 5.41) is 9.34. The lowest BCUT2D eigenvalue weighted by molar-refractivity contribution is -0.148. The molecule has 4 rings (SSSR count). The standard InChI is InChI=1S/C25H39NO7/c1-15(2)7-8-18-24(5,33-18)20-19(30-6)17(9-10-25(20)14-31-25)32-22(29)26-12-16(13-26)11-23(3,4)21(27)28/h7,16-20H,8-14H2,1-6H3,(H,27,28)/t17-,18?,19-,20-,24+,25+/m1/s1. The number of carboxylic acid groups (broad SMARTS) is 1. The van der Waals surface area contributed by atoms with Crippen molar-refractivity contribution in [3.05, 3.63) is 11.6 Å². The Morgan fingerprint density at radius 2 is 1.94 bits per heavy atom. The Kier molecular flexibility index (Phi) is 6.34. The summed E-state index contributed by atoms with van der Waals surface area (Å²) in [6.45, 7) is 11.5. The van der Waals surface area contributed by atoms with Gasteiger partial charge in [-0.05, 0) is 66.2 Å². The Labute approximate surface area is 196 Å². The maximum atomic E-state index is 12.9. The van der Waals surface area contributed by atoms with Crippen LogP contribution >= 0.6 is 0 Å². The first-order valence-electron chi connectivity index (χ1n) is 12.1. The first-order chi connectivity index (χ1) is 15.4. The summed E-state index contributed by atoms with van der Waals surface area (Å²) in [6, 6.07) is 0. The first-order valence-corrected chi connectivity index (χ1v) is 12.1. The van der Waals surface area contributed by atoms with Gasteiger partial charge in [0.1, 0.15) is 23.4 Å². The molecule has 1 unspecified atom stereocenters. The Hall–Kier alpha value is -1.64. The summed E-state index contributed by atoms with van der Waals surface area (Å²) in [5.74, 6) is -0.633. The van der Waals surface area contributed by atoms with E-state index in [2.05, 4.69) is 26.8 Å². The maximum Gasteiger partial charge on any atom is 0.410 e. The van der Waals surface area contributed by atoms with E-state index >= 15 is 0 Å². The minimum Gasteiger partial charge on any atom is -0.481 e. The highest BCUT2D eigenvalue weighted by Crippen LogP contribution is 2.59. The van der Waals surface area contributed by atoms with Crippen LogP contribution in [-0.4, -0.2) is 78.4 Å². The lowest BCUT2D eigenvalue weighted by Gasteiger charge is -2.45. The van der Waals surface area contributed by atoms with Gasteiger partial charge in [0.25, 0.3) is 0 Å². The van der Waals surface area contributed by atoms with Crippen molar-refractivity contribution in [3.8, 4) is 0 Å². The highest BCUT2D eigenvalue weighted by molar-refractivity contribution is 5.73. The minimum absolute atomic E-state index is 0.00221. The van der Waals surface area contributed by atoms with Gasteiger partial charge in [-0.2, -0.15) is 0 Å². The van der Waals surface area contributed by atoms with Crippen molar-refractivity contribution in [2.75, 3.05) is 26.8 Å². The second kappa shape index (κ2) is 8.54. The van der Waals surface area contributed by atoms with E-state index in [9.17, 15) is 14.7 Å². The van der Waals surface area contributed by atoms with Gasteiger partial charge in [-0.1, -0.05) is 11.6 Å². The van der Waals surface area contributed by atoms with Gasteiger partial charge in [0.2, 0.25) is 0 Å². The number of allylic oxidation sites excluding steroid dienone is 1. The molecule has 8 heteroatoms. The number of rotatable bonds is 8. The zero-order valence-corrected chi connectivity index (χ0v) is 20.8. The Bertz CT molecular complexity index is 810. The third kappa shape index (κ3) is 4.66. The van der Waals surface area contributed by atoms with Crippen LogP contribution in [0.25, 0.3) is 0 Å². The summed E-state index contributed by atoms with van der Waals surface area (Å²) >= 11 is 0. The van der Waals surface area contributed by atoms with Gasteiger partial charge in [-0.3, -0.25) is 4.79 Å². The number of carboxylic acids is 1. The Balaban J connectivity index is 1.37. The second-order valence-electron chi connectivity index (χ2n) is 11.5. The van der Waals surface area contributed by atoms with E-state index < -0.39 is 11.4 Å². The van der Waals surface area contributed by atoms with Crippen molar-refractivity contribution in [1.82, 2.24) is 4.90 Å². The molecule has 0 radical (unpaired) electrons. The van der Waals surface area contributed by atoms with Gasteiger partial charge in [0.05, 0.1) is 24.0 Å². The van der Waals surface area contributed by atoms with Crippen molar-refractivity contribution in [1.29, 1.82) is 0 Å². The third-order valence-corrected chi connectivity index (χ3v) is 8.08. The van der Waals surface area contributed by atoms with Crippen molar-refractivity contribution < 1.29 is 33.6 Å². The number of amides is 1. The number of methoxy groups -OCH3 is 1. The normalized spacial score (nSPS) is 37.9. The van der Waals surface area contributed by atoms with Gasteiger partial charge < -0.3 is 29.0 Å². The molecule has 0 aromatic heterocycles. The highest BCUT2D eigenvalue weighted by Gasteiger charge is 2.72. The van der Waals surface area contributed by atoms with E-state index in [1.165, 1.54) is 5.57 Å². The molecule has 3 heterocycles. The fraction of sp³-hybridized carbons (Fsp3) is 0.840. The van der Waals surface area contributed by atoms with Crippen molar-refractivity contribution in [2.45, 2.75) is 89.8 Å². The molecule has 0 aromatic carbocycles. The van der Waals surface area contributed by atoms with E-state index in [1.807, 2.05) is 0 Å². The molecule has 1 amide bonds. The van der Waals surface area contributed by atoms with Crippen LogP contribution in [0.3, 0.4) is 0 Å². The van der Waals surface area contributed by atoms with Crippen LogP contribution in [0, 0.1) is 17.3 Å². The lowest BCUT2D eigenvalue weighted by atomic mass is 9.68. The molecule has 1 N–H and O–H groups in total. The average Bonchev–Trinajstić information content (AvgIpc) is 3.61. The zero-order valence-electron chi connectivity index (χ0n) is 20.8. The molecule has 4 aliphatic rings. The molecule has 3 aliphatic heterocycles. The quantitative estimate of drug-likeness (QED) is 0.431. The molecule has 1 saturated carbocycles. The van der Waals surface area contributed by atoms with E-state index in [0.29, 0.717) is 32.5 Å². The second-order valence-corrected chi connectivity index (χ2v) is 11.5. The Morgan fingerprint density at radius 1 is 1.27 bits per heavy atom. The van der Waals surface area contributed by atoms with Crippen molar-refractivity contribution in [2.24, 2.45) is 17.3 Å². The van der Waals surface area contributed by atoms with Crippen LogP contribution in [0.5, 0.6) is 0 Å². The van der Waals surface area contributed by atoms with Crippen molar-refractivity contribution >= 4 is 12.1 Å². The van der Waals surface area contributed by atoms with E-state index in [1.54, 1.807) is 25.9 Å². The number of aliphatic carboxylic acids is 1. The third-order valence-electron chi connectivity index (χ3n) is 8.08. The first kappa shape index (κ1) is 24.5. The number of epoxide rings is 2. The van der Waals surface area contributed by atoms with E-state index in [-0.39, 0.29) is 47.4 Å². The topological polar surface area (TPSA) is 101 Å². The predicted molar refractivity (Wildman–Crippen MR) is 121 cm³/mol. The number of ether oxygens (including phenoxy) is 4. The molecular formula is C25H39NO7. The number of hydrogen-bond acceptors (Lipinski definition) is 6. The zero-order chi connectivity index (χ0) is 24.2. The number of hydrogen-bond donors (Lipinski definition) is 1. The van der Waals surface area contributed by atoms with Gasteiger partial charge >= 0.3 is 12.1 Å². The predicted octanol–water partition coefficient (Wildman–Crippen LogP) is 3.63. The monoisotopic (exact) mass is 465 g/mol. The van der Waals surface area contributed by atoms with Gasteiger partial charge in [0.15, 0.2) is 0 Å². The van der Waals surface area contributed by atoms with Crippen LogP contribution < -0.4 is 0 Å². The summed E-state index contributed by atoms with van der Waals surface area (Å²) in [5.41, 5.74) is -0.136. The lowest BCUT2D eigenvalue weighted by Crippen LogP contribution is -2.58. The maximum absolute atomic E-state index is 12.9. The highest BCUT2D eigenvalue weighted by atomic mass is 16.6. The molecule has 4 fully saturated rings. The van der Waals surface area contributed by atoms with Crippen LogP contribution in [0.4, 0.5) is 4.79 Å². The molecule has 0 bridgehead atoms. The summed E-state index contributed by atoms with van der Waals surface area (Å²) in [4.78, 5) is 25.9. The van der Waals surface area contributed by atoms with Gasteiger partial charge in [-0.25, -0.2) is 4.79 Å². The van der Waals surface area contributed by atoms with Crippen LogP contribution in [0.1, 0.15) is 60.3 Å². The van der Waals surface area contributed by atoms with Crippen molar-refractivity contribution in [3.63, 3.8) is 0 Å². The molecule has 3 saturated heterocycles. The molecule has 0 aromatic rings. The fourth-order valence-corrected chi connectivity index (χ4v) is 5.93. The largest absolute Gasteiger partial charge is 0.481 e. The smallest absolute Gasteiger partial charge is 0.410 e. The molecule has 6 atom stereocenters. The number of carbonyl (C=O) groups excluding carboxylic acids is 1. The molecule has 33 heavy (non-hydrogen) atoms. The SMILES string of the molecule is CO[C@@H]1[C@H](OC(=O)N2CC(CC(C)(C)C(=O)O)C2)CC[C@]2(CO2)[C@H]1[C@@]1(C)OC1CC=C(C)C. The van der Waals surface area contributed by atoms with E-state index in [0.717, 1.165) is 12.8 Å². The number of carbonyl (C=O) groups is 2. The van der Waals surface area contributed by atoms with Gasteiger partial charge in [0, 0.05) is 20.2 Å². The summed E-state index contributed by atoms with van der Waals surface area (Å²) in [7, 11) is 1.67. The number of nitrogens with zero attached hydrogens (tertiary/aromatic N) is 1. The van der Waals surface area contributed by atoms with Gasteiger partial charge in [-0.15, -0.1) is 0 Å². The summed E-state index contributed by atoms with van der Waals surface area (Å²) < 4.78 is 24.1. The van der Waals surface area contributed by atoms with Crippen LogP contribution in [-0.2, 0) is 23.7 Å². The minimum atomic E-state index is -0.811. The van der Waals surface area contributed by atoms with E-state index in [4.69, 9.17) is 18.9 Å². The molecule has 8 nitrogen and oxygen atoms in total. The molecular weight excluding hydrogens is 426 g/mol. The Morgan fingerprint density at radius 3 is 2.48 bits per heavy atom. The molecule has 186 valence electrons. The fourth-order valence-electron chi connectivity index (χ4n) is 5.93. The molecule has 1 aliphatic carbocycles. The molecule has 1 spiro atoms. The summed E-state index contributed by atoms with van der Waals surface area (Å²) in [6.07, 6.45) is 4.22. The average molecular weight is 466 g/mol. The van der Waals surface area contributed by atoms with Crippen LogP contribution in [0.2, 0.25) is 0 Å². The number of likely N-dealkylation sites (tertiary alicyclic amines) is 1. The van der Waals surface area contributed by atoms with Crippen LogP contribution in [0.15, 0.2) is 11.6 Å².